The molecule has 0 spiro atoms. The molecule has 0 radical (unpaired) electrons. The molecule has 1 aromatic carbocycles. The highest BCUT2D eigenvalue weighted by atomic mass is 35.5. The maximum Gasteiger partial charge on any atom is 0.257 e. The van der Waals surface area contributed by atoms with Crippen molar-refractivity contribution in [2.75, 3.05) is 11.9 Å². The van der Waals surface area contributed by atoms with E-state index in [4.69, 9.17) is 23.2 Å². The average Bonchev–Trinajstić information content (AvgIpc) is 2.55. The number of amides is 2. The highest BCUT2D eigenvalue weighted by Gasteiger charge is 2.12. The fourth-order valence-corrected chi connectivity index (χ4v) is 2.20. The predicted octanol–water partition coefficient (Wildman–Crippen LogP) is 3.56. The topological polar surface area (TPSA) is 71.1 Å². The molecule has 1 heterocycles. The summed E-state index contributed by atoms with van der Waals surface area (Å²) in [4.78, 5) is 28.0. The molecular formula is C16H13Cl2N3O2. The van der Waals surface area contributed by atoms with Gasteiger partial charge >= 0.3 is 0 Å². The van der Waals surface area contributed by atoms with Crippen molar-refractivity contribution in [1.29, 1.82) is 0 Å². The molecule has 0 saturated heterocycles. The minimum Gasteiger partial charge on any atom is -0.349 e. The van der Waals surface area contributed by atoms with Crippen LogP contribution in [0.2, 0.25) is 10.0 Å². The van der Waals surface area contributed by atoms with Gasteiger partial charge in [-0.2, -0.15) is 0 Å². The van der Waals surface area contributed by atoms with E-state index in [1.165, 1.54) is 24.5 Å². The van der Waals surface area contributed by atoms with Crippen molar-refractivity contribution < 1.29 is 9.59 Å². The van der Waals surface area contributed by atoms with Gasteiger partial charge in [0.2, 0.25) is 0 Å². The van der Waals surface area contributed by atoms with Crippen LogP contribution in [-0.4, -0.2) is 23.3 Å². The lowest BCUT2D eigenvalue weighted by Gasteiger charge is -2.08. The number of anilines is 1. The molecule has 0 aliphatic rings. The summed E-state index contributed by atoms with van der Waals surface area (Å²) in [6.45, 7) is 3.85. The number of carbonyl (C=O) groups is 2. The lowest BCUT2D eigenvalue weighted by atomic mass is 10.2. The van der Waals surface area contributed by atoms with Gasteiger partial charge in [0, 0.05) is 24.0 Å². The lowest BCUT2D eigenvalue weighted by molar-refractivity contribution is 0.0957. The molecule has 0 aliphatic carbocycles. The second-order valence-electron chi connectivity index (χ2n) is 4.54. The van der Waals surface area contributed by atoms with Gasteiger partial charge in [0.15, 0.2) is 0 Å². The Kier molecular flexibility index (Phi) is 5.73. The van der Waals surface area contributed by atoms with Crippen molar-refractivity contribution >= 4 is 40.7 Å². The van der Waals surface area contributed by atoms with Gasteiger partial charge < -0.3 is 10.6 Å². The second kappa shape index (κ2) is 7.76. The SMILES string of the molecule is C=CCNC(=O)c1cncc(C(=O)Nc2ccc(Cl)cc2Cl)c1. The third kappa shape index (κ3) is 4.55. The van der Waals surface area contributed by atoms with Crippen LogP contribution in [0.5, 0.6) is 0 Å². The zero-order chi connectivity index (χ0) is 16.8. The largest absolute Gasteiger partial charge is 0.349 e. The minimum atomic E-state index is -0.430. The second-order valence-corrected chi connectivity index (χ2v) is 5.38. The van der Waals surface area contributed by atoms with E-state index >= 15 is 0 Å². The van der Waals surface area contributed by atoms with Gasteiger partial charge in [-0.15, -0.1) is 6.58 Å². The molecule has 0 saturated carbocycles. The van der Waals surface area contributed by atoms with Crippen LogP contribution in [0.3, 0.4) is 0 Å². The van der Waals surface area contributed by atoms with Crippen molar-refractivity contribution in [3.05, 3.63) is 70.5 Å². The Bertz CT molecular complexity index is 763. The van der Waals surface area contributed by atoms with Crippen LogP contribution in [-0.2, 0) is 0 Å². The van der Waals surface area contributed by atoms with E-state index in [1.807, 2.05) is 0 Å². The first-order chi connectivity index (χ1) is 11.0. The molecule has 0 bridgehead atoms. The summed E-state index contributed by atoms with van der Waals surface area (Å²) in [6.07, 6.45) is 4.30. The minimum absolute atomic E-state index is 0.238. The summed E-state index contributed by atoms with van der Waals surface area (Å²) in [7, 11) is 0. The molecule has 118 valence electrons. The van der Waals surface area contributed by atoms with Crippen LogP contribution in [0.25, 0.3) is 0 Å². The molecule has 2 amide bonds. The maximum atomic E-state index is 12.2. The van der Waals surface area contributed by atoms with Crippen molar-refractivity contribution in [3.63, 3.8) is 0 Å². The van der Waals surface area contributed by atoms with E-state index < -0.39 is 5.91 Å². The Labute approximate surface area is 143 Å². The van der Waals surface area contributed by atoms with Crippen LogP contribution in [0.15, 0.2) is 49.3 Å². The third-order valence-electron chi connectivity index (χ3n) is 2.85. The summed E-state index contributed by atoms with van der Waals surface area (Å²) in [5.74, 6) is -0.767. The van der Waals surface area contributed by atoms with Crippen molar-refractivity contribution in [2.45, 2.75) is 0 Å². The number of nitrogens with zero attached hydrogens (tertiary/aromatic N) is 1. The first kappa shape index (κ1) is 17.0. The molecule has 5 nitrogen and oxygen atoms in total. The Morgan fingerprint density at radius 3 is 2.48 bits per heavy atom. The van der Waals surface area contributed by atoms with E-state index in [9.17, 15) is 9.59 Å². The molecule has 0 fully saturated rings. The van der Waals surface area contributed by atoms with E-state index in [-0.39, 0.29) is 17.0 Å². The van der Waals surface area contributed by atoms with Gasteiger partial charge in [0.1, 0.15) is 0 Å². The lowest BCUT2D eigenvalue weighted by Crippen LogP contribution is -2.24. The summed E-state index contributed by atoms with van der Waals surface area (Å²) in [5.41, 5.74) is 0.937. The molecule has 0 aliphatic heterocycles. The van der Waals surface area contributed by atoms with E-state index in [0.717, 1.165) is 0 Å². The molecule has 1 aromatic heterocycles. The summed E-state index contributed by atoms with van der Waals surface area (Å²) >= 11 is 11.8. The zero-order valence-corrected chi connectivity index (χ0v) is 13.5. The molecule has 2 N–H and O–H groups in total. The van der Waals surface area contributed by atoms with Gasteiger partial charge in [-0.25, -0.2) is 0 Å². The van der Waals surface area contributed by atoms with Crippen molar-refractivity contribution in [1.82, 2.24) is 10.3 Å². The van der Waals surface area contributed by atoms with Crippen LogP contribution in [0.4, 0.5) is 5.69 Å². The number of carbonyl (C=O) groups excluding carboxylic acids is 2. The number of halogens is 2. The highest BCUT2D eigenvalue weighted by molar-refractivity contribution is 6.36. The van der Waals surface area contributed by atoms with E-state index in [1.54, 1.807) is 18.2 Å². The first-order valence-electron chi connectivity index (χ1n) is 6.62. The summed E-state index contributed by atoms with van der Waals surface area (Å²) in [6, 6.07) is 6.18. The summed E-state index contributed by atoms with van der Waals surface area (Å²) < 4.78 is 0. The molecule has 0 unspecified atom stereocenters. The normalized spacial score (nSPS) is 10.0. The van der Waals surface area contributed by atoms with Gasteiger partial charge in [-0.05, 0) is 24.3 Å². The van der Waals surface area contributed by atoms with E-state index in [2.05, 4.69) is 22.2 Å². The van der Waals surface area contributed by atoms with Gasteiger partial charge in [-0.1, -0.05) is 29.3 Å². The number of hydrogen-bond acceptors (Lipinski definition) is 3. The first-order valence-corrected chi connectivity index (χ1v) is 7.37. The smallest absolute Gasteiger partial charge is 0.257 e. The van der Waals surface area contributed by atoms with Crippen LogP contribution >= 0.6 is 23.2 Å². The number of aromatic nitrogens is 1. The highest BCUT2D eigenvalue weighted by Crippen LogP contribution is 2.25. The van der Waals surface area contributed by atoms with E-state index in [0.29, 0.717) is 22.3 Å². The van der Waals surface area contributed by atoms with Gasteiger partial charge in [0.05, 0.1) is 21.8 Å². The predicted molar refractivity (Wildman–Crippen MR) is 91.2 cm³/mol. The zero-order valence-electron chi connectivity index (χ0n) is 12.0. The molecule has 7 heteroatoms. The average molecular weight is 350 g/mol. The monoisotopic (exact) mass is 349 g/mol. The van der Waals surface area contributed by atoms with Crippen molar-refractivity contribution in [2.24, 2.45) is 0 Å². The van der Waals surface area contributed by atoms with Crippen LogP contribution < -0.4 is 10.6 Å². The van der Waals surface area contributed by atoms with Crippen LogP contribution in [0, 0.1) is 0 Å². The number of hydrogen-bond donors (Lipinski definition) is 2. The standard InChI is InChI=1S/C16H13Cl2N3O2/c1-2-5-20-15(22)10-6-11(9-19-8-10)16(23)21-14-4-3-12(17)7-13(14)18/h2-4,6-9H,1,5H2,(H,20,22)(H,21,23). The number of benzene rings is 1. The molecule has 23 heavy (non-hydrogen) atoms. The Balaban J connectivity index is 2.16. The number of nitrogens with one attached hydrogen (secondary N) is 2. The Morgan fingerprint density at radius 2 is 1.83 bits per heavy atom. The maximum absolute atomic E-state index is 12.2. The van der Waals surface area contributed by atoms with Crippen LogP contribution in [0.1, 0.15) is 20.7 Å². The van der Waals surface area contributed by atoms with Crippen molar-refractivity contribution in [3.8, 4) is 0 Å². The molecule has 2 aromatic rings. The third-order valence-corrected chi connectivity index (χ3v) is 3.40. The fourth-order valence-electron chi connectivity index (χ4n) is 1.74. The number of rotatable bonds is 5. The fraction of sp³-hybridized carbons (Fsp3) is 0.0625. The summed E-state index contributed by atoms with van der Waals surface area (Å²) in [5, 5.41) is 6.05. The van der Waals surface area contributed by atoms with Gasteiger partial charge in [-0.3, -0.25) is 14.6 Å². The molecule has 0 atom stereocenters. The number of pyridine rings is 1. The quantitative estimate of drug-likeness (QED) is 0.810. The molecule has 2 rings (SSSR count). The Morgan fingerprint density at radius 1 is 1.13 bits per heavy atom. The Hall–Kier alpha value is -2.37. The van der Waals surface area contributed by atoms with Gasteiger partial charge in [0.25, 0.3) is 11.8 Å². The molecular weight excluding hydrogens is 337 g/mol.